The first-order valence-electron chi connectivity index (χ1n) is 9.71. The highest BCUT2D eigenvalue weighted by molar-refractivity contribution is 6.08. The van der Waals surface area contributed by atoms with Crippen LogP contribution in [0.2, 0.25) is 0 Å². The van der Waals surface area contributed by atoms with Crippen molar-refractivity contribution in [2.24, 2.45) is 11.8 Å². The minimum Gasteiger partial charge on any atom is -0.497 e. The molecule has 6 rings (SSSR count). The molecule has 2 amide bonds. The first-order chi connectivity index (χ1) is 13.5. The maximum absolute atomic E-state index is 13.7. The minimum atomic E-state index is -0.873. The molecule has 4 bridgehead atoms. The van der Waals surface area contributed by atoms with Crippen molar-refractivity contribution in [2.45, 2.75) is 37.3 Å². The number of hydrogen-bond acceptors (Lipinski definition) is 5. The molecule has 4 fully saturated rings. The molecule has 28 heavy (non-hydrogen) atoms. The summed E-state index contributed by atoms with van der Waals surface area (Å²) in [6, 6.07) is 5.52. The van der Waals surface area contributed by atoms with Crippen LogP contribution in [0.5, 0.6) is 5.75 Å². The molecule has 3 saturated heterocycles. The number of hydrogen-bond donors (Lipinski definition) is 1. The molecule has 0 aromatic heterocycles. The third-order valence-corrected chi connectivity index (χ3v) is 7.03. The first-order valence-corrected chi connectivity index (χ1v) is 9.71. The number of allylic oxidation sites excluding steroid dienone is 1. The Morgan fingerprint density at radius 3 is 2.86 bits per heavy atom. The van der Waals surface area contributed by atoms with Gasteiger partial charge in [-0.05, 0) is 37.3 Å². The van der Waals surface area contributed by atoms with Crippen molar-refractivity contribution in [1.29, 1.82) is 0 Å². The van der Waals surface area contributed by atoms with Crippen LogP contribution in [0.3, 0.4) is 0 Å². The average molecular weight is 384 g/mol. The van der Waals surface area contributed by atoms with Crippen molar-refractivity contribution >= 4 is 17.5 Å². The lowest BCUT2D eigenvalue weighted by Crippen LogP contribution is -2.52. The van der Waals surface area contributed by atoms with Gasteiger partial charge in [0, 0.05) is 23.6 Å². The van der Waals surface area contributed by atoms with E-state index in [1.165, 1.54) is 12.2 Å². The maximum atomic E-state index is 13.7. The minimum absolute atomic E-state index is 0.0181. The number of hydroxylamine groups is 1. The van der Waals surface area contributed by atoms with Gasteiger partial charge in [0.15, 0.2) is 0 Å². The van der Waals surface area contributed by atoms with E-state index in [1.807, 2.05) is 31.2 Å². The number of ether oxygens (including phenoxy) is 2. The molecule has 7 nitrogen and oxygen atoms in total. The van der Waals surface area contributed by atoms with Gasteiger partial charge in [-0.25, -0.2) is 0 Å². The van der Waals surface area contributed by atoms with Gasteiger partial charge in [-0.15, -0.1) is 0 Å². The Hall–Kier alpha value is -2.38. The van der Waals surface area contributed by atoms with Crippen molar-refractivity contribution in [2.75, 3.05) is 25.9 Å². The van der Waals surface area contributed by atoms with E-state index < -0.39 is 5.41 Å². The molecular formula is C21H24N2O5. The molecule has 1 aromatic carbocycles. The second-order valence-electron chi connectivity index (χ2n) is 7.99. The zero-order valence-corrected chi connectivity index (χ0v) is 16.2. The van der Waals surface area contributed by atoms with Crippen molar-refractivity contribution in [3.8, 4) is 5.75 Å². The lowest BCUT2D eigenvalue weighted by atomic mass is 9.72. The maximum Gasteiger partial charge on any atom is 0.264 e. The van der Waals surface area contributed by atoms with Crippen molar-refractivity contribution < 1.29 is 23.9 Å². The summed E-state index contributed by atoms with van der Waals surface area (Å²) >= 11 is 0. The van der Waals surface area contributed by atoms with Gasteiger partial charge < -0.3 is 14.8 Å². The molecule has 4 aliphatic heterocycles. The lowest BCUT2D eigenvalue weighted by molar-refractivity contribution is -0.137. The van der Waals surface area contributed by atoms with E-state index in [2.05, 4.69) is 5.32 Å². The Labute approximate surface area is 163 Å². The molecule has 148 valence electrons. The van der Waals surface area contributed by atoms with Gasteiger partial charge in [0.05, 0.1) is 32.6 Å². The predicted octanol–water partition coefficient (Wildman–Crippen LogP) is 1.71. The number of benzene rings is 1. The first kappa shape index (κ1) is 17.7. The molecule has 1 spiro atoms. The standard InChI is InChI=1S/C21H24N2O5/c1-4-12-13-8-18-21(9-16(22-19(12)24)14(13)10-28-18)15-6-5-11(26-2)7-17(15)23(27-3)20(21)25/h4-7,13-14,16,18H,8-10H2,1-3H3,(H,22,24). The van der Waals surface area contributed by atoms with Gasteiger partial charge in [-0.2, -0.15) is 5.06 Å². The number of methoxy groups -OCH3 is 1. The lowest BCUT2D eigenvalue weighted by Gasteiger charge is -2.41. The average Bonchev–Trinajstić information content (AvgIpc) is 2.79. The van der Waals surface area contributed by atoms with Crippen LogP contribution in [-0.2, 0) is 24.6 Å². The Bertz CT molecular complexity index is 897. The van der Waals surface area contributed by atoms with E-state index in [4.69, 9.17) is 14.3 Å². The normalized spacial score (nSPS) is 37.2. The Morgan fingerprint density at radius 2 is 2.14 bits per heavy atom. The largest absolute Gasteiger partial charge is 0.497 e. The summed E-state index contributed by atoms with van der Waals surface area (Å²) in [4.78, 5) is 31.8. The summed E-state index contributed by atoms with van der Waals surface area (Å²) in [5.74, 6) is 0.814. The number of nitrogens with one attached hydrogen (secondary N) is 1. The molecule has 5 atom stereocenters. The number of fused-ring (bicyclic) bond motifs is 2. The van der Waals surface area contributed by atoms with Crippen LogP contribution in [0.15, 0.2) is 29.8 Å². The summed E-state index contributed by atoms with van der Waals surface area (Å²) in [7, 11) is 3.09. The Kier molecular flexibility index (Phi) is 3.83. The van der Waals surface area contributed by atoms with Crippen LogP contribution in [0.25, 0.3) is 0 Å². The van der Waals surface area contributed by atoms with Crippen LogP contribution in [0, 0.1) is 11.8 Å². The van der Waals surface area contributed by atoms with Crippen molar-refractivity contribution in [1.82, 2.24) is 5.32 Å². The van der Waals surface area contributed by atoms with Gasteiger partial charge in [-0.1, -0.05) is 12.1 Å². The number of piperidine rings is 1. The van der Waals surface area contributed by atoms with Gasteiger partial charge >= 0.3 is 0 Å². The summed E-state index contributed by atoms with van der Waals surface area (Å²) in [5.41, 5.74) is 1.51. The molecule has 5 aliphatic rings. The number of anilines is 1. The highest BCUT2D eigenvalue weighted by Crippen LogP contribution is 2.56. The van der Waals surface area contributed by atoms with Crippen LogP contribution in [-0.4, -0.2) is 44.8 Å². The zero-order valence-electron chi connectivity index (χ0n) is 16.2. The van der Waals surface area contributed by atoms with Gasteiger partial charge in [-0.3, -0.25) is 14.4 Å². The van der Waals surface area contributed by atoms with Gasteiger partial charge in [0.25, 0.3) is 5.91 Å². The number of rotatable bonds is 2. The molecule has 1 aromatic rings. The number of amides is 2. The van der Waals surface area contributed by atoms with E-state index in [1.54, 1.807) is 7.11 Å². The van der Waals surface area contributed by atoms with E-state index in [0.717, 1.165) is 11.1 Å². The van der Waals surface area contributed by atoms with Crippen LogP contribution >= 0.6 is 0 Å². The van der Waals surface area contributed by atoms with Crippen LogP contribution in [0.1, 0.15) is 25.3 Å². The molecular weight excluding hydrogens is 360 g/mol. The van der Waals surface area contributed by atoms with Gasteiger partial charge in [0.1, 0.15) is 11.2 Å². The molecule has 0 radical (unpaired) electrons. The summed E-state index contributed by atoms with van der Waals surface area (Å²) in [6.07, 6.45) is 2.77. The van der Waals surface area contributed by atoms with Crippen LogP contribution < -0.4 is 15.1 Å². The zero-order chi connectivity index (χ0) is 19.6. The van der Waals surface area contributed by atoms with Gasteiger partial charge in [0.2, 0.25) is 5.91 Å². The fourth-order valence-corrected chi connectivity index (χ4v) is 5.75. The van der Waals surface area contributed by atoms with Crippen molar-refractivity contribution in [3.05, 3.63) is 35.4 Å². The number of carbonyl (C=O) groups excluding carboxylic acids is 2. The van der Waals surface area contributed by atoms with Crippen LogP contribution in [0.4, 0.5) is 5.69 Å². The Balaban J connectivity index is 1.69. The predicted molar refractivity (Wildman–Crippen MR) is 101 cm³/mol. The van der Waals surface area contributed by atoms with E-state index >= 15 is 0 Å². The molecule has 1 N–H and O–H groups in total. The van der Waals surface area contributed by atoms with E-state index in [0.29, 0.717) is 30.9 Å². The third-order valence-electron chi connectivity index (χ3n) is 7.03. The Morgan fingerprint density at radius 1 is 1.32 bits per heavy atom. The van der Waals surface area contributed by atoms with E-state index in [-0.39, 0.29) is 35.8 Å². The summed E-state index contributed by atoms with van der Waals surface area (Å²) < 4.78 is 11.6. The SMILES string of the molecule is CC=C1C(=O)NC2CC3(C(=O)N(OC)c4cc(OC)ccc43)C3CC1C2CO3. The summed E-state index contributed by atoms with van der Waals surface area (Å²) in [6.45, 7) is 2.45. The highest BCUT2D eigenvalue weighted by Gasteiger charge is 2.64. The smallest absolute Gasteiger partial charge is 0.264 e. The second kappa shape index (κ2) is 6.06. The molecule has 7 heteroatoms. The molecule has 1 aliphatic carbocycles. The topological polar surface area (TPSA) is 77.1 Å². The number of carbonyl (C=O) groups is 2. The van der Waals surface area contributed by atoms with E-state index in [9.17, 15) is 9.59 Å². The summed E-state index contributed by atoms with van der Waals surface area (Å²) in [5, 5.41) is 4.50. The van der Waals surface area contributed by atoms with Crippen molar-refractivity contribution in [3.63, 3.8) is 0 Å². The second-order valence-corrected chi connectivity index (χ2v) is 7.99. The molecule has 1 saturated carbocycles. The highest BCUT2D eigenvalue weighted by atomic mass is 16.7. The molecule has 4 heterocycles. The molecule has 5 unspecified atom stereocenters. The monoisotopic (exact) mass is 384 g/mol. The third kappa shape index (κ3) is 2.06. The fourth-order valence-electron chi connectivity index (χ4n) is 5.75. The quantitative estimate of drug-likeness (QED) is 0.786. The fraction of sp³-hybridized carbons (Fsp3) is 0.524. The number of nitrogens with zero attached hydrogens (tertiary/aromatic N) is 1.